The van der Waals surface area contributed by atoms with Gasteiger partial charge in [-0.1, -0.05) is 29.3 Å². The van der Waals surface area contributed by atoms with Crippen LogP contribution < -0.4 is 5.32 Å². The number of amides is 1. The number of hydrogen-bond donors (Lipinski definition) is 2. The van der Waals surface area contributed by atoms with E-state index in [-0.39, 0.29) is 25.1 Å². The number of aliphatic hydroxyl groups excluding tert-OH is 1. The lowest BCUT2D eigenvalue weighted by molar-refractivity contribution is -0.117. The molecule has 1 atom stereocenters. The van der Waals surface area contributed by atoms with E-state index >= 15 is 0 Å². The number of carbonyl (C=O) groups excluding carboxylic acids is 1. The molecule has 0 radical (unpaired) electrons. The molecule has 1 saturated heterocycles. The molecule has 6 heteroatoms. The molecule has 20 heavy (non-hydrogen) atoms. The summed E-state index contributed by atoms with van der Waals surface area (Å²) in [4.78, 5) is 14.1. The molecule has 1 aromatic rings. The summed E-state index contributed by atoms with van der Waals surface area (Å²) >= 11 is 12.2. The van der Waals surface area contributed by atoms with E-state index in [1.165, 1.54) is 0 Å². The van der Waals surface area contributed by atoms with Crippen LogP contribution in [0.5, 0.6) is 0 Å². The Labute approximate surface area is 128 Å². The van der Waals surface area contributed by atoms with Crippen LogP contribution in [0.15, 0.2) is 12.1 Å². The van der Waals surface area contributed by atoms with Crippen LogP contribution in [0.1, 0.15) is 18.4 Å². The Bertz CT molecular complexity index is 508. The largest absolute Gasteiger partial charge is 0.395 e. The first-order valence-corrected chi connectivity index (χ1v) is 7.38. The van der Waals surface area contributed by atoms with Gasteiger partial charge >= 0.3 is 0 Å². The summed E-state index contributed by atoms with van der Waals surface area (Å²) in [5.74, 6) is -0.167. The Hall–Kier alpha value is -0.810. The highest BCUT2D eigenvalue weighted by Crippen LogP contribution is 2.32. The summed E-state index contributed by atoms with van der Waals surface area (Å²) in [6, 6.07) is 3.59. The van der Waals surface area contributed by atoms with Crippen molar-refractivity contribution in [1.82, 2.24) is 4.90 Å². The highest BCUT2D eigenvalue weighted by Gasteiger charge is 2.25. The third-order valence-corrected chi connectivity index (χ3v) is 4.41. The lowest BCUT2D eigenvalue weighted by Crippen LogP contribution is -2.38. The molecule has 4 nitrogen and oxygen atoms in total. The standard InChI is InChI=1S/C14H18Cl2N2O2/c1-9-4-5-11(15)14(13(9)16)17-12(20)7-18-6-2-3-10(18)8-19/h4-5,10,19H,2-3,6-8H2,1H3,(H,17,20)/t10-/m0/s1. The lowest BCUT2D eigenvalue weighted by atomic mass is 10.2. The van der Waals surface area contributed by atoms with E-state index in [1.807, 2.05) is 17.9 Å². The first-order chi connectivity index (χ1) is 9.52. The van der Waals surface area contributed by atoms with Crippen molar-refractivity contribution in [3.8, 4) is 0 Å². The summed E-state index contributed by atoms with van der Waals surface area (Å²) in [7, 11) is 0. The normalized spacial score (nSPS) is 19.3. The number of carbonyl (C=O) groups is 1. The summed E-state index contributed by atoms with van der Waals surface area (Å²) in [5, 5.41) is 12.9. The predicted molar refractivity (Wildman–Crippen MR) is 81.5 cm³/mol. The van der Waals surface area contributed by atoms with Crippen molar-refractivity contribution in [3.05, 3.63) is 27.7 Å². The SMILES string of the molecule is Cc1ccc(Cl)c(NC(=O)CN2CCC[C@H]2CO)c1Cl. The molecule has 110 valence electrons. The van der Waals surface area contributed by atoms with Gasteiger partial charge in [0, 0.05) is 6.04 Å². The van der Waals surface area contributed by atoms with Crippen LogP contribution in [0.4, 0.5) is 5.69 Å². The topological polar surface area (TPSA) is 52.6 Å². The summed E-state index contributed by atoms with van der Waals surface area (Å²) in [5.41, 5.74) is 1.32. The Morgan fingerprint density at radius 1 is 1.50 bits per heavy atom. The van der Waals surface area contributed by atoms with E-state index in [9.17, 15) is 9.90 Å². The van der Waals surface area contributed by atoms with Crippen LogP contribution in [0, 0.1) is 6.92 Å². The molecule has 1 aliphatic heterocycles. The van der Waals surface area contributed by atoms with Gasteiger partial charge in [0.1, 0.15) is 0 Å². The summed E-state index contributed by atoms with van der Waals surface area (Å²) in [6.07, 6.45) is 1.93. The third-order valence-electron chi connectivity index (χ3n) is 3.61. The van der Waals surface area contributed by atoms with Gasteiger partial charge in [0.2, 0.25) is 5.91 Å². The summed E-state index contributed by atoms with van der Waals surface area (Å²) in [6.45, 7) is 3.01. The zero-order valence-electron chi connectivity index (χ0n) is 11.3. The fourth-order valence-electron chi connectivity index (χ4n) is 2.44. The molecule has 2 rings (SSSR count). The number of benzene rings is 1. The Kier molecular flexibility index (Phi) is 5.27. The second kappa shape index (κ2) is 6.76. The Morgan fingerprint density at radius 3 is 2.95 bits per heavy atom. The monoisotopic (exact) mass is 316 g/mol. The van der Waals surface area contributed by atoms with Crippen LogP contribution in [-0.2, 0) is 4.79 Å². The molecule has 2 N–H and O–H groups in total. The smallest absolute Gasteiger partial charge is 0.238 e. The fourth-order valence-corrected chi connectivity index (χ4v) is 2.91. The first kappa shape index (κ1) is 15.6. The molecule has 0 spiro atoms. The van der Waals surface area contributed by atoms with Crippen LogP contribution in [-0.4, -0.2) is 41.7 Å². The van der Waals surface area contributed by atoms with E-state index in [4.69, 9.17) is 23.2 Å². The fraction of sp³-hybridized carbons (Fsp3) is 0.500. The second-order valence-corrected chi connectivity index (χ2v) is 5.84. The minimum Gasteiger partial charge on any atom is -0.395 e. The molecular weight excluding hydrogens is 299 g/mol. The van der Waals surface area contributed by atoms with Crippen LogP contribution in [0.3, 0.4) is 0 Å². The lowest BCUT2D eigenvalue weighted by Gasteiger charge is -2.22. The van der Waals surface area contributed by atoms with Crippen molar-refractivity contribution in [2.24, 2.45) is 0 Å². The predicted octanol–water partition coefficient (Wildman–Crippen LogP) is 2.70. The molecule has 1 amide bonds. The van der Waals surface area contributed by atoms with Gasteiger partial charge in [-0.3, -0.25) is 9.69 Å². The van der Waals surface area contributed by atoms with Gasteiger partial charge in [0.15, 0.2) is 0 Å². The van der Waals surface area contributed by atoms with Crippen molar-refractivity contribution in [2.75, 3.05) is 25.0 Å². The quantitative estimate of drug-likeness (QED) is 0.898. The highest BCUT2D eigenvalue weighted by atomic mass is 35.5. The minimum absolute atomic E-state index is 0.0733. The maximum Gasteiger partial charge on any atom is 0.238 e. The average Bonchev–Trinajstić information content (AvgIpc) is 2.86. The molecular formula is C14H18Cl2N2O2. The molecule has 0 saturated carbocycles. The number of aryl methyl sites for hydroxylation is 1. The van der Waals surface area contributed by atoms with Crippen LogP contribution in [0.25, 0.3) is 0 Å². The Balaban J connectivity index is 2.03. The van der Waals surface area contributed by atoms with E-state index in [0.29, 0.717) is 15.7 Å². The molecule has 1 fully saturated rings. The van der Waals surface area contributed by atoms with Gasteiger partial charge in [-0.2, -0.15) is 0 Å². The van der Waals surface area contributed by atoms with Crippen molar-refractivity contribution in [3.63, 3.8) is 0 Å². The Morgan fingerprint density at radius 2 is 2.25 bits per heavy atom. The van der Waals surface area contributed by atoms with Crippen molar-refractivity contribution in [2.45, 2.75) is 25.8 Å². The number of likely N-dealkylation sites (tertiary alicyclic amines) is 1. The molecule has 1 aromatic carbocycles. The number of halogens is 2. The third kappa shape index (κ3) is 3.44. The number of hydrogen-bond acceptors (Lipinski definition) is 3. The van der Waals surface area contributed by atoms with Gasteiger partial charge in [-0.05, 0) is 37.9 Å². The van der Waals surface area contributed by atoms with E-state index in [1.54, 1.807) is 6.07 Å². The minimum atomic E-state index is -0.167. The number of nitrogens with zero attached hydrogens (tertiary/aromatic N) is 1. The maximum absolute atomic E-state index is 12.1. The van der Waals surface area contributed by atoms with Gasteiger partial charge in [-0.15, -0.1) is 0 Å². The van der Waals surface area contributed by atoms with Gasteiger partial charge in [0.05, 0.1) is 28.9 Å². The number of aliphatic hydroxyl groups is 1. The molecule has 1 aliphatic rings. The number of nitrogens with one attached hydrogen (secondary N) is 1. The molecule has 0 unspecified atom stereocenters. The zero-order chi connectivity index (χ0) is 14.7. The molecule has 1 heterocycles. The summed E-state index contributed by atoms with van der Waals surface area (Å²) < 4.78 is 0. The van der Waals surface area contributed by atoms with Crippen molar-refractivity contribution < 1.29 is 9.90 Å². The van der Waals surface area contributed by atoms with Crippen LogP contribution in [0.2, 0.25) is 10.0 Å². The molecule has 0 bridgehead atoms. The van der Waals surface area contributed by atoms with E-state index < -0.39 is 0 Å². The van der Waals surface area contributed by atoms with Gasteiger partial charge in [-0.25, -0.2) is 0 Å². The van der Waals surface area contributed by atoms with Crippen molar-refractivity contribution >= 4 is 34.8 Å². The molecule has 0 aliphatic carbocycles. The number of anilines is 1. The number of rotatable bonds is 4. The van der Waals surface area contributed by atoms with Crippen LogP contribution >= 0.6 is 23.2 Å². The molecule has 0 aromatic heterocycles. The average molecular weight is 317 g/mol. The first-order valence-electron chi connectivity index (χ1n) is 6.62. The van der Waals surface area contributed by atoms with Gasteiger partial charge in [0.25, 0.3) is 0 Å². The highest BCUT2D eigenvalue weighted by molar-refractivity contribution is 6.40. The zero-order valence-corrected chi connectivity index (χ0v) is 12.8. The van der Waals surface area contributed by atoms with E-state index in [2.05, 4.69) is 5.32 Å². The van der Waals surface area contributed by atoms with Gasteiger partial charge < -0.3 is 10.4 Å². The van der Waals surface area contributed by atoms with Crippen molar-refractivity contribution in [1.29, 1.82) is 0 Å². The maximum atomic E-state index is 12.1. The van der Waals surface area contributed by atoms with E-state index in [0.717, 1.165) is 24.9 Å². The second-order valence-electron chi connectivity index (χ2n) is 5.05.